The van der Waals surface area contributed by atoms with Gasteiger partial charge in [0, 0.05) is 30.6 Å². The molecule has 3 aromatic rings. The van der Waals surface area contributed by atoms with Crippen molar-refractivity contribution in [2.24, 2.45) is 5.92 Å². The number of thiazole rings is 1. The Morgan fingerprint density at radius 1 is 1.00 bits per heavy atom. The summed E-state index contributed by atoms with van der Waals surface area (Å²) >= 11 is 2.19. The van der Waals surface area contributed by atoms with E-state index in [1.165, 1.54) is 21.2 Å². The van der Waals surface area contributed by atoms with Gasteiger partial charge in [-0.3, -0.25) is 23.7 Å². The van der Waals surface area contributed by atoms with Crippen molar-refractivity contribution in [3.63, 3.8) is 0 Å². The SMILES string of the molecule is CCOC(=O)Cn1c2c(sc1=O)[C@H](c1ccc(N(C)C)cc1)C1C(=O)N(c3ccc(OC)cc3)C(=O)C1S2. The van der Waals surface area contributed by atoms with Gasteiger partial charge in [0.2, 0.25) is 11.8 Å². The van der Waals surface area contributed by atoms with E-state index in [-0.39, 0.29) is 29.8 Å². The number of nitrogens with zero attached hydrogens (tertiary/aromatic N) is 3. The Bertz CT molecular complexity index is 1440. The standard InChI is InChI=1S/C27H27N3O6S2/c1-5-36-19(31)14-29-26-23(38-27(29)34)20(15-6-8-16(9-7-15)28(2)3)21-22(37-26)25(33)30(24(21)32)17-10-12-18(35-4)13-11-17/h6-13,20-22H,5,14H2,1-4H3/t20-,21?,22?/m1/s1. The van der Waals surface area contributed by atoms with Crippen molar-refractivity contribution < 1.29 is 23.9 Å². The lowest BCUT2D eigenvalue weighted by Gasteiger charge is -2.31. The molecule has 11 heteroatoms. The zero-order chi connectivity index (χ0) is 27.1. The minimum atomic E-state index is -0.752. The first-order valence-corrected chi connectivity index (χ1v) is 13.8. The smallest absolute Gasteiger partial charge is 0.326 e. The molecule has 0 bridgehead atoms. The normalized spacial score (nSPS) is 20.2. The molecule has 2 unspecified atom stereocenters. The lowest BCUT2D eigenvalue weighted by atomic mass is 9.83. The van der Waals surface area contributed by atoms with E-state index in [1.54, 1.807) is 38.3 Å². The van der Waals surface area contributed by atoms with Crippen LogP contribution in [0.1, 0.15) is 23.3 Å². The molecule has 2 aliphatic rings. The summed E-state index contributed by atoms with van der Waals surface area (Å²) in [6.45, 7) is 1.65. The minimum Gasteiger partial charge on any atom is -0.497 e. The number of ether oxygens (including phenoxy) is 2. The number of esters is 1. The Balaban J connectivity index is 1.62. The molecular formula is C27H27N3O6S2. The second kappa shape index (κ2) is 10.3. The van der Waals surface area contributed by atoms with Crippen molar-refractivity contribution in [2.75, 3.05) is 37.6 Å². The first-order chi connectivity index (χ1) is 18.2. The van der Waals surface area contributed by atoms with Crippen LogP contribution in [0.5, 0.6) is 5.75 Å². The van der Waals surface area contributed by atoms with Crippen molar-refractivity contribution in [2.45, 2.75) is 29.7 Å². The van der Waals surface area contributed by atoms with E-state index in [4.69, 9.17) is 9.47 Å². The number of carbonyl (C=O) groups is 3. The fraction of sp³-hybridized carbons (Fsp3) is 0.333. The van der Waals surface area contributed by atoms with Gasteiger partial charge >= 0.3 is 10.8 Å². The van der Waals surface area contributed by atoms with Gasteiger partial charge in [0.15, 0.2) is 0 Å². The van der Waals surface area contributed by atoms with Gasteiger partial charge in [-0.25, -0.2) is 4.90 Å². The number of carbonyl (C=O) groups excluding carboxylic acids is 3. The highest BCUT2D eigenvalue weighted by Crippen LogP contribution is 2.54. The number of aromatic nitrogens is 1. The molecule has 5 rings (SSSR count). The highest BCUT2D eigenvalue weighted by molar-refractivity contribution is 8.00. The average molecular weight is 554 g/mol. The number of rotatable bonds is 7. The molecule has 3 heterocycles. The van der Waals surface area contributed by atoms with Crippen LogP contribution in [-0.4, -0.2) is 55.4 Å². The number of imide groups is 1. The van der Waals surface area contributed by atoms with Gasteiger partial charge < -0.3 is 14.4 Å². The van der Waals surface area contributed by atoms with Crippen LogP contribution in [0.2, 0.25) is 0 Å². The maximum absolute atomic E-state index is 13.9. The van der Waals surface area contributed by atoms with E-state index in [0.717, 1.165) is 22.6 Å². The van der Waals surface area contributed by atoms with E-state index in [0.29, 0.717) is 21.3 Å². The first kappa shape index (κ1) is 26.1. The van der Waals surface area contributed by atoms with Crippen molar-refractivity contribution in [3.8, 4) is 5.75 Å². The molecule has 0 radical (unpaired) electrons. The molecule has 198 valence electrons. The summed E-state index contributed by atoms with van der Waals surface area (Å²) in [7, 11) is 5.42. The lowest BCUT2D eigenvalue weighted by Crippen LogP contribution is -2.32. The number of methoxy groups -OCH3 is 1. The molecule has 0 N–H and O–H groups in total. The first-order valence-electron chi connectivity index (χ1n) is 12.1. The Morgan fingerprint density at radius 2 is 1.68 bits per heavy atom. The summed E-state index contributed by atoms with van der Waals surface area (Å²) < 4.78 is 11.7. The van der Waals surface area contributed by atoms with Crippen molar-refractivity contribution in [1.29, 1.82) is 0 Å². The Morgan fingerprint density at radius 3 is 2.29 bits per heavy atom. The van der Waals surface area contributed by atoms with E-state index in [1.807, 2.05) is 43.3 Å². The molecule has 1 fully saturated rings. The van der Waals surface area contributed by atoms with Gasteiger partial charge in [0.25, 0.3) is 0 Å². The number of anilines is 2. The van der Waals surface area contributed by atoms with Crippen LogP contribution >= 0.6 is 23.1 Å². The van der Waals surface area contributed by atoms with Gasteiger partial charge in [-0.2, -0.15) is 0 Å². The van der Waals surface area contributed by atoms with E-state index in [2.05, 4.69) is 0 Å². The monoisotopic (exact) mass is 553 g/mol. The zero-order valence-electron chi connectivity index (χ0n) is 21.4. The molecule has 0 saturated carbocycles. The number of hydrogen-bond acceptors (Lipinski definition) is 9. The second-order valence-electron chi connectivity index (χ2n) is 9.17. The lowest BCUT2D eigenvalue weighted by molar-refractivity contribution is -0.144. The molecule has 0 spiro atoms. The van der Waals surface area contributed by atoms with Crippen molar-refractivity contribution in [1.82, 2.24) is 4.57 Å². The van der Waals surface area contributed by atoms with Crippen LogP contribution in [-0.2, 0) is 25.7 Å². The van der Waals surface area contributed by atoms with Crippen LogP contribution in [0.3, 0.4) is 0 Å². The predicted molar refractivity (Wildman–Crippen MR) is 146 cm³/mol. The molecular weight excluding hydrogens is 526 g/mol. The second-order valence-corrected chi connectivity index (χ2v) is 11.3. The van der Waals surface area contributed by atoms with E-state index >= 15 is 0 Å². The molecule has 1 saturated heterocycles. The molecule has 0 aliphatic carbocycles. The number of hydrogen-bond donors (Lipinski definition) is 0. The zero-order valence-corrected chi connectivity index (χ0v) is 23.0. The topological polar surface area (TPSA) is 98.2 Å². The third-order valence-electron chi connectivity index (χ3n) is 6.74. The number of amides is 2. The average Bonchev–Trinajstić information content (AvgIpc) is 3.35. The van der Waals surface area contributed by atoms with Crippen LogP contribution in [0, 0.1) is 5.92 Å². The van der Waals surface area contributed by atoms with Crippen molar-refractivity contribution >= 4 is 52.3 Å². The summed E-state index contributed by atoms with van der Waals surface area (Å²) in [5, 5.41) is -0.216. The van der Waals surface area contributed by atoms with Crippen LogP contribution in [0.15, 0.2) is 58.4 Å². The maximum Gasteiger partial charge on any atom is 0.326 e. The third-order valence-corrected chi connectivity index (χ3v) is 9.34. The number of fused-ring (bicyclic) bond motifs is 2. The van der Waals surface area contributed by atoms with Gasteiger partial charge in [-0.15, -0.1) is 0 Å². The van der Waals surface area contributed by atoms with E-state index in [9.17, 15) is 19.2 Å². The highest BCUT2D eigenvalue weighted by Gasteiger charge is 2.56. The predicted octanol–water partition coefficient (Wildman–Crippen LogP) is 3.34. The van der Waals surface area contributed by atoms with Gasteiger partial charge in [-0.05, 0) is 48.9 Å². The number of thioether (sulfide) groups is 1. The molecule has 3 atom stereocenters. The van der Waals surface area contributed by atoms with Crippen LogP contribution in [0.25, 0.3) is 0 Å². The minimum absolute atomic E-state index is 0.197. The van der Waals surface area contributed by atoms with Crippen LogP contribution in [0.4, 0.5) is 11.4 Å². The van der Waals surface area contributed by atoms with Gasteiger partial charge in [0.1, 0.15) is 17.5 Å². The summed E-state index contributed by atoms with van der Waals surface area (Å²) in [6, 6.07) is 14.6. The molecule has 38 heavy (non-hydrogen) atoms. The molecule has 2 aliphatic heterocycles. The largest absolute Gasteiger partial charge is 0.497 e. The van der Waals surface area contributed by atoms with Crippen molar-refractivity contribution in [3.05, 3.63) is 68.6 Å². The van der Waals surface area contributed by atoms with Gasteiger partial charge in [-0.1, -0.05) is 35.2 Å². The summed E-state index contributed by atoms with van der Waals surface area (Å²) in [5.74, 6) is -1.81. The molecule has 2 amide bonds. The fourth-order valence-electron chi connectivity index (χ4n) is 4.92. The molecule has 2 aromatic carbocycles. The van der Waals surface area contributed by atoms with Gasteiger partial charge in [0.05, 0.1) is 30.3 Å². The molecule has 9 nitrogen and oxygen atoms in total. The number of benzene rings is 2. The van der Waals surface area contributed by atoms with E-state index < -0.39 is 23.1 Å². The highest BCUT2D eigenvalue weighted by atomic mass is 32.2. The van der Waals surface area contributed by atoms with Crippen LogP contribution < -0.4 is 19.4 Å². The maximum atomic E-state index is 13.9. The fourth-order valence-corrected chi connectivity index (χ4v) is 7.69. The molecule has 1 aromatic heterocycles. The summed E-state index contributed by atoms with van der Waals surface area (Å²) in [4.78, 5) is 56.6. The Kier molecular flexibility index (Phi) is 7.06. The Labute approximate surface area is 227 Å². The summed E-state index contributed by atoms with van der Waals surface area (Å²) in [6.07, 6.45) is 0. The quantitative estimate of drug-likeness (QED) is 0.325. The summed E-state index contributed by atoms with van der Waals surface area (Å²) in [5.41, 5.74) is 2.27. The Hall–Kier alpha value is -3.57. The third kappa shape index (κ3) is 4.39.